The Morgan fingerprint density at radius 1 is 1.62 bits per heavy atom. The second kappa shape index (κ2) is 5.51. The van der Waals surface area contributed by atoms with E-state index in [1.807, 2.05) is 6.08 Å². The molecule has 0 saturated heterocycles. The van der Waals surface area contributed by atoms with Gasteiger partial charge in [-0.2, -0.15) is 0 Å². The fraction of sp³-hybridized carbons (Fsp3) is 0.786. The summed E-state index contributed by atoms with van der Waals surface area (Å²) >= 11 is 0. The minimum atomic E-state index is -0.685. The second-order valence-electron chi connectivity index (χ2n) is 5.25. The monoisotopic (exact) mass is 224 g/mol. The lowest BCUT2D eigenvalue weighted by Gasteiger charge is -2.44. The number of carboxylic acids is 1. The van der Waals surface area contributed by atoms with Crippen LogP contribution in [0.3, 0.4) is 0 Å². The van der Waals surface area contributed by atoms with Gasteiger partial charge in [0.25, 0.3) is 0 Å². The molecule has 1 fully saturated rings. The average molecular weight is 224 g/mol. The molecule has 0 aliphatic heterocycles. The largest absolute Gasteiger partial charge is 0.481 e. The van der Waals surface area contributed by atoms with Crippen LogP contribution in [0.15, 0.2) is 12.7 Å². The molecule has 1 aliphatic rings. The zero-order chi connectivity index (χ0) is 12.2. The van der Waals surface area contributed by atoms with Gasteiger partial charge in [-0.25, -0.2) is 0 Å². The summed E-state index contributed by atoms with van der Waals surface area (Å²) in [4.78, 5) is 11.0. The summed E-state index contributed by atoms with van der Waals surface area (Å²) in [6.45, 7) is 8.35. The summed E-state index contributed by atoms with van der Waals surface area (Å²) in [5.74, 6) is 0.410. The molecule has 0 aromatic carbocycles. The first-order valence-corrected chi connectivity index (χ1v) is 6.41. The van der Waals surface area contributed by atoms with Crippen molar-refractivity contribution in [3.8, 4) is 0 Å². The number of hydrogen-bond donors (Lipinski definition) is 1. The molecule has 16 heavy (non-hydrogen) atoms. The van der Waals surface area contributed by atoms with Gasteiger partial charge in [-0.3, -0.25) is 4.79 Å². The normalized spacial score (nSPS) is 32.0. The second-order valence-corrected chi connectivity index (χ2v) is 5.25. The van der Waals surface area contributed by atoms with Crippen molar-refractivity contribution in [2.75, 3.05) is 0 Å². The molecule has 0 aromatic rings. The van der Waals surface area contributed by atoms with Crippen molar-refractivity contribution in [1.82, 2.24) is 0 Å². The first kappa shape index (κ1) is 13.3. The van der Waals surface area contributed by atoms with Crippen molar-refractivity contribution in [1.29, 1.82) is 0 Å². The maximum atomic E-state index is 11.0. The molecule has 0 radical (unpaired) electrons. The number of carbonyl (C=O) groups is 1. The van der Waals surface area contributed by atoms with Crippen molar-refractivity contribution in [2.45, 2.75) is 52.4 Å². The van der Waals surface area contributed by atoms with Crippen molar-refractivity contribution < 1.29 is 9.90 Å². The van der Waals surface area contributed by atoms with E-state index in [4.69, 9.17) is 5.11 Å². The maximum absolute atomic E-state index is 11.0. The van der Waals surface area contributed by atoms with Crippen LogP contribution >= 0.6 is 0 Å². The van der Waals surface area contributed by atoms with Crippen LogP contribution in [0.2, 0.25) is 0 Å². The lowest BCUT2D eigenvalue weighted by molar-refractivity contribution is -0.140. The number of hydrogen-bond acceptors (Lipinski definition) is 1. The SMILES string of the molecule is C=CC1(CC(=O)O)CCCCC1C(C)CC. The quantitative estimate of drug-likeness (QED) is 0.720. The van der Waals surface area contributed by atoms with E-state index in [0.717, 1.165) is 25.7 Å². The number of rotatable bonds is 5. The molecule has 0 heterocycles. The molecule has 0 spiro atoms. The average Bonchev–Trinajstić information content (AvgIpc) is 2.27. The number of carboxylic acid groups (broad SMARTS) is 1. The Bertz CT molecular complexity index is 259. The van der Waals surface area contributed by atoms with Crippen LogP contribution in [0.1, 0.15) is 52.4 Å². The molecule has 0 aromatic heterocycles. The summed E-state index contributed by atoms with van der Waals surface area (Å²) in [5, 5.41) is 9.09. The van der Waals surface area contributed by atoms with Crippen molar-refractivity contribution in [2.24, 2.45) is 17.3 Å². The molecule has 0 amide bonds. The van der Waals surface area contributed by atoms with Crippen LogP contribution in [0.5, 0.6) is 0 Å². The van der Waals surface area contributed by atoms with E-state index in [1.54, 1.807) is 0 Å². The van der Waals surface area contributed by atoms with Gasteiger partial charge in [-0.15, -0.1) is 6.58 Å². The molecule has 1 saturated carbocycles. The molecule has 1 N–H and O–H groups in total. The minimum Gasteiger partial charge on any atom is -0.481 e. The van der Waals surface area contributed by atoms with Gasteiger partial charge in [0.1, 0.15) is 0 Å². The Labute approximate surface area is 98.7 Å². The fourth-order valence-electron chi connectivity index (χ4n) is 3.25. The highest BCUT2D eigenvalue weighted by Crippen LogP contribution is 2.49. The van der Waals surface area contributed by atoms with E-state index >= 15 is 0 Å². The van der Waals surface area contributed by atoms with Gasteiger partial charge in [-0.05, 0) is 24.7 Å². The molecular formula is C14H24O2. The molecule has 3 atom stereocenters. The van der Waals surface area contributed by atoms with Crippen molar-refractivity contribution >= 4 is 5.97 Å². The van der Waals surface area contributed by atoms with E-state index in [9.17, 15) is 4.79 Å². The van der Waals surface area contributed by atoms with Gasteiger partial charge >= 0.3 is 5.97 Å². The topological polar surface area (TPSA) is 37.3 Å². The third-order valence-corrected chi connectivity index (χ3v) is 4.36. The van der Waals surface area contributed by atoms with Crippen LogP contribution in [-0.4, -0.2) is 11.1 Å². The van der Waals surface area contributed by atoms with Crippen molar-refractivity contribution in [3.63, 3.8) is 0 Å². The zero-order valence-electron chi connectivity index (χ0n) is 10.5. The van der Waals surface area contributed by atoms with E-state index in [1.165, 1.54) is 6.42 Å². The fourth-order valence-corrected chi connectivity index (χ4v) is 3.25. The van der Waals surface area contributed by atoms with E-state index in [-0.39, 0.29) is 11.8 Å². The smallest absolute Gasteiger partial charge is 0.304 e. The Hall–Kier alpha value is -0.790. The lowest BCUT2D eigenvalue weighted by atomic mass is 9.60. The molecule has 2 heteroatoms. The highest BCUT2D eigenvalue weighted by Gasteiger charge is 2.41. The van der Waals surface area contributed by atoms with Crippen LogP contribution in [-0.2, 0) is 4.79 Å². The Morgan fingerprint density at radius 3 is 2.81 bits per heavy atom. The molecule has 2 nitrogen and oxygen atoms in total. The number of allylic oxidation sites excluding steroid dienone is 1. The maximum Gasteiger partial charge on any atom is 0.304 e. The highest BCUT2D eigenvalue weighted by molar-refractivity contribution is 5.68. The van der Waals surface area contributed by atoms with Gasteiger partial charge in [-0.1, -0.05) is 39.2 Å². The molecule has 0 bridgehead atoms. The van der Waals surface area contributed by atoms with Crippen LogP contribution in [0, 0.1) is 17.3 Å². The lowest BCUT2D eigenvalue weighted by Crippen LogP contribution is -2.37. The molecule has 1 rings (SSSR count). The summed E-state index contributed by atoms with van der Waals surface area (Å²) in [5.41, 5.74) is -0.153. The van der Waals surface area contributed by atoms with Crippen LogP contribution in [0.4, 0.5) is 0 Å². The first-order chi connectivity index (χ1) is 7.55. The van der Waals surface area contributed by atoms with Crippen molar-refractivity contribution in [3.05, 3.63) is 12.7 Å². The first-order valence-electron chi connectivity index (χ1n) is 6.41. The Morgan fingerprint density at radius 2 is 2.31 bits per heavy atom. The van der Waals surface area contributed by atoms with E-state index in [2.05, 4.69) is 20.4 Å². The zero-order valence-corrected chi connectivity index (χ0v) is 10.5. The molecule has 1 aliphatic carbocycles. The van der Waals surface area contributed by atoms with Crippen LogP contribution < -0.4 is 0 Å². The summed E-state index contributed by atoms with van der Waals surface area (Å²) in [6, 6.07) is 0. The predicted molar refractivity (Wildman–Crippen MR) is 66.3 cm³/mol. The van der Waals surface area contributed by atoms with E-state index in [0.29, 0.717) is 11.8 Å². The summed E-state index contributed by atoms with van der Waals surface area (Å²) in [6.07, 6.45) is 7.85. The minimum absolute atomic E-state index is 0.153. The predicted octanol–water partition coefficient (Wildman–Crippen LogP) is 3.87. The highest BCUT2D eigenvalue weighted by atomic mass is 16.4. The van der Waals surface area contributed by atoms with Gasteiger partial charge in [0.15, 0.2) is 0 Å². The molecule has 3 unspecified atom stereocenters. The van der Waals surface area contributed by atoms with E-state index < -0.39 is 5.97 Å². The van der Waals surface area contributed by atoms with Gasteiger partial charge in [0.05, 0.1) is 6.42 Å². The Kier molecular flexibility index (Phi) is 4.57. The van der Waals surface area contributed by atoms with Gasteiger partial charge in [0, 0.05) is 5.41 Å². The standard InChI is InChI=1S/C14H24O2/c1-4-11(3)12-8-6-7-9-14(12,5-2)10-13(15)16/h5,11-12H,2,4,6-10H2,1,3H3,(H,15,16). The Balaban J connectivity index is 2.91. The third kappa shape index (κ3) is 2.66. The number of aliphatic carboxylic acids is 1. The summed E-state index contributed by atoms with van der Waals surface area (Å²) in [7, 11) is 0. The molecule has 92 valence electrons. The molecular weight excluding hydrogens is 200 g/mol. The van der Waals surface area contributed by atoms with Gasteiger partial charge < -0.3 is 5.11 Å². The third-order valence-electron chi connectivity index (χ3n) is 4.36. The van der Waals surface area contributed by atoms with Gasteiger partial charge in [0.2, 0.25) is 0 Å². The summed E-state index contributed by atoms with van der Waals surface area (Å²) < 4.78 is 0. The van der Waals surface area contributed by atoms with Crippen LogP contribution in [0.25, 0.3) is 0 Å².